The van der Waals surface area contributed by atoms with Crippen LogP contribution in [0.15, 0.2) is 52.2 Å². The molecule has 0 bridgehead atoms. The Bertz CT molecular complexity index is 1380. The highest BCUT2D eigenvalue weighted by molar-refractivity contribution is 7.52. The van der Waals surface area contributed by atoms with Gasteiger partial charge in [-0.15, -0.1) is 6.42 Å². The molecule has 0 spiro atoms. The van der Waals surface area contributed by atoms with Gasteiger partial charge >= 0.3 is 19.4 Å². The minimum absolute atomic E-state index is 0.00506. The van der Waals surface area contributed by atoms with Gasteiger partial charge in [0, 0.05) is 25.5 Å². The zero-order valence-corrected chi connectivity index (χ0v) is 22.1. The fourth-order valence-corrected chi connectivity index (χ4v) is 6.07. The molecule has 0 radical (unpaired) electrons. The number of hydrogen-bond acceptors (Lipinski definition) is 10. The summed E-state index contributed by atoms with van der Waals surface area (Å²) in [6.45, 7) is 0.279. The van der Waals surface area contributed by atoms with Crippen molar-refractivity contribution in [3.63, 3.8) is 0 Å². The third-order valence-corrected chi connectivity index (χ3v) is 8.29. The lowest BCUT2D eigenvalue weighted by atomic mass is 9.93. The maximum atomic E-state index is 13.9. The lowest BCUT2D eigenvalue weighted by Crippen LogP contribution is -2.48. The van der Waals surface area contributed by atoms with E-state index in [0.29, 0.717) is 26.1 Å². The first kappa shape index (κ1) is 29.7. The number of hydrogen-bond donors (Lipinski definition) is 5. The third kappa shape index (κ3) is 6.71. The van der Waals surface area contributed by atoms with E-state index in [0.717, 1.165) is 16.8 Å². The Balaban J connectivity index is 1.56. The van der Waals surface area contributed by atoms with Gasteiger partial charge in [0.1, 0.15) is 24.0 Å². The number of aromatic amines is 1. The van der Waals surface area contributed by atoms with Gasteiger partial charge in [-0.2, -0.15) is 5.09 Å². The standard InChI is InChI=1S/C25H30N3O11P/c1-2-25(34)21(30)19(38-23(25)28-11-8-20(29)26-24(28)33)15-37-40(35,39-17-6-4-3-5-7-17)27-18(22(31)32)14-16-9-12-36-13-10-16/h1,3-8,11,16,18-19,21,23,30,34H,9-10,12-15H2,(H,27,35)(H,31,32)(H,26,29,33)/t18-,19+,21+,23+,25+,40?/m0/s1. The molecule has 1 aromatic carbocycles. The Kier molecular flexibility index (Phi) is 9.27. The molecule has 15 heteroatoms. The number of carboxylic acids is 1. The lowest BCUT2D eigenvalue weighted by Gasteiger charge is -2.28. The molecule has 1 unspecified atom stereocenters. The largest absolute Gasteiger partial charge is 0.480 e. The molecule has 6 atom stereocenters. The van der Waals surface area contributed by atoms with Crippen LogP contribution in [0.3, 0.4) is 0 Å². The number of terminal acetylenes is 1. The SMILES string of the molecule is C#C[C@@]1(O)[C@H](O)[C@@H](COP(=O)(N[C@@H](CC2CCOCC2)C(=O)O)Oc2ccccc2)O[C@H]1n1ccc(=O)[nH]c1=O. The number of aliphatic hydroxyl groups is 2. The zero-order valence-electron chi connectivity index (χ0n) is 21.3. The molecular weight excluding hydrogens is 549 g/mol. The number of nitrogens with zero attached hydrogens (tertiary/aromatic N) is 1. The van der Waals surface area contributed by atoms with E-state index in [4.69, 9.17) is 24.9 Å². The molecule has 2 aromatic rings. The Hall–Kier alpha value is -3.28. The van der Waals surface area contributed by atoms with Crippen molar-refractivity contribution in [3.05, 3.63) is 63.4 Å². The van der Waals surface area contributed by atoms with Gasteiger partial charge in [0.2, 0.25) is 0 Å². The maximum absolute atomic E-state index is 13.9. The van der Waals surface area contributed by atoms with E-state index in [9.17, 15) is 34.3 Å². The van der Waals surface area contributed by atoms with Crippen LogP contribution in [0.2, 0.25) is 0 Å². The number of para-hydroxylation sites is 1. The quantitative estimate of drug-likeness (QED) is 0.180. The summed E-state index contributed by atoms with van der Waals surface area (Å²) in [4.78, 5) is 37.9. The number of H-pyrrole nitrogens is 1. The summed E-state index contributed by atoms with van der Waals surface area (Å²) in [5, 5.41) is 34.2. The summed E-state index contributed by atoms with van der Waals surface area (Å²) >= 11 is 0. The van der Waals surface area contributed by atoms with Gasteiger partial charge in [0.15, 0.2) is 11.8 Å². The number of aliphatic carboxylic acids is 1. The number of ether oxygens (including phenoxy) is 2. The fraction of sp³-hybridized carbons (Fsp3) is 0.480. The normalized spacial score (nSPS) is 27.4. The first-order valence-electron chi connectivity index (χ1n) is 12.5. The molecule has 5 N–H and O–H groups in total. The Morgan fingerprint density at radius 1 is 1.27 bits per heavy atom. The van der Waals surface area contributed by atoms with Crippen molar-refractivity contribution in [3.8, 4) is 18.1 Å². The number of aromatic nitrogens is 2. The predicted octanol–water partition coefficient (Wildman–Crippen LogP) is 0.222. The van der Waals surface area contributed by atoms with Gasteiger partial charge in [-0.3, -0.25) is 23.7 Å². The maximum Gasteiger partial charge on any atom is 0.459 e. The Morgan fingerprint density at radius 2 is 1.98 bits per heavy atom. The van der Waals surface area contributed by atoms with Crippen LogP contribution < -0.4 is 20.9 Å². The molecule has 0 amide bonds. The molecule has 14 nitrogen and oxygen atoms in total. The molecule has 0 aliphatic carbocycles. The Morgan fingerprint density at radius 3 is 2.60 bits per heavy atom. The zero-order chi connectivity index (χ0) is 28.9. The van der Waals surface area contributed by atoms with Crippen molar-refractivity contribution in [2.45, 2.75) is 49.3 Å². The number of carbonyl (C=O) groups is 1. The summed E-state index contributed by atoms with van der Waals surface area (Å²) in [6.07, 6.45) is 2.95. The molecule has 40 heavy (non-hydrogen) atoms. The third-order valence-electron chi connectivity index (χ3n) is 6.72. The minimum atomic E-state index is -4.46. The van der Waals surface area contributed by atoms with Crippen LogP contribution in [-0.4, -0.2) is 74.5 Å². The van der Waals surface area contributed by atoms with Crippen LogP contribution in [0, 0.1) is 18.3 Å². The van der Waals surface area contributed by atoms with Crippen LogP contribution in [-0.2, 0) is 23.4 Å². The van der Waals surface area contributed by atoms with Gasteiger partial charge in [-0.25, -0.2) is 9.36 Å². The first-order valence-corrected chi connectivity index (χ1v) is 14.0. The molecule has 2 fully saturated rings. The highest BCUT2D eigenvalue weighted by atomic mass is 31.2. The van der Waals surface area contributed by atoms with Gasteiger partial charge in [0.25, 0.3) is 5.56 Å². The smallest absolute Gasteiger partial charge is 0.459 e. The van der Waals surface area contributed by atoms with Gasteiger partial charge in [-0.05, 0) is 37.3 Å². The second-order valence-electron chi connectivity index (χ2n) is 9.47. The molecule has 4 rings (SSSR count). The molecule has 3 heterocycles. The van der Waals surface area contributed by atoms with Crippen molar-refractivity contribution < 1.29 is 43.2 Å². The summed E-state index contributed by atoms with van der Waals surface area (Å²) in [5.74, 6) is 0.840. The van der Waals surface area contributed by atoms with Crippen LogP contribution in [0.5, 0.6) is 5.75 Å². The highest BCUT2D eigenvalue weighted by Gasteiger charge is 2.56. The molecule has 2 saturated heterocycles. The van der Waals surface area contributed by atoms with E-state index < -0.39 is 61.7 Å². The topological polar surface area (TPSA) is 199 Å². The predicted molar refractivity (Wildman–Crippen MR) is 138 cm³/mol. The lowest BCUT2D eigenvalue weighted by molar-refractivity contribution is -0.139. The fourth-order valence-electron chi connectivity index (χ4n) is 4.55. The van der Waals surface area contributed by atoms with Crippen LogP contribution in [0.25, 0.3) is 0 Å². The van der Waals surface area contributed by atoms with E-state index in [1.807, 2.05) is 10.9 Å². The minimum Gasteiger partial charge on any atom is -0.480 e. The molecule has 216 valence electrons. The van der Waals surface area contributed by atoms with Crippen molar-refractivity contribution in [2.24, 2.45) is 5.92 Å². The van der Waals surface area contributed by atoms with Crippen LogP contribution >= 0.6 is 7.75 Å². The number of carboxylic acid groups (broad SMARTS) is 1. The van der Waals surface area contributed by atoms with E-state index >= 15 is 0 Å². The molecule has 2 aliphatic heterocycles. The molecule has 1 aromatic heterocycles. The number of benzene rings is 1. The monoisotopic (exact) mass is 579 g/mol. The number of rotatable bonds is 11. The summed E-state index contributed by atoms with van der Waals surface area (Å²) < 4.78 is 36.8. The van der Waals surface area contributed by atoms with Crippen molar-refractivity contribution >= 4 is 13.7 Å². The number of nitrogens with one attached hydrogen (secondary N) is 2. The van der Waals surface area contributed by atoms with Gasteiger partial charge in [-0.1, -0.05) is 24.1 Å². The molecular formula is C25H30N3O11P. The molecule has 2 aliphatic rings. The average molecular weight is 579 g/mol. The summed E-state index contributed by atoms with van der Waals surface area (Å²) in [7, 11) is -4.46. The summed E-state index contributed by atoms with van der Waals surface area (Å²) in [5.41, 5.74) is -4.11. The van der Waals surface area contributed by atoms with Crippen LogP contribution in [0.4, 0.5) is 0 Å². The summed E-state index contributed by atoms with van der Waals surface area (Å²) in [6, 6.07) is 7.57. The second-order valence-corrected chi connectivity index (χ2v) is 11.2. The molecule has 0 saturated carbocycles. The highest BCUT2D eigenvalue weighted by Crippen LogP contribution is 2.47. The van der Waals surface area contributed by atoms with Gasteiger partial charge < -0.3 is 29.3 Å². The van der Waals surface area contributed by atoms with E-state index in [2.05, 4.69) is 5.09 Å². The number of aliphatic hydroxyl groups excluding tert-OH is 1. The van der Waals surface area contributed by atoms with Crippen molar-refractivity contribution in [1.82, 2.24) is 14.6 Å². The van der Waals surface area contributed by atoms with Crippen molar-refractivity contribution in [1.29, 1.82) is 0 Å². The second kappa shape index (κ2) is 12.5. The Labute approximate surface area is 228 Å². The van der Waals surface area contributed by atoms with E-state index in [-0.39, 0.29) is 18.1 Å². The van der Waals surface area contributed by atoms with Gasteiger partial charge in [0.05, 0.1) is 6.61 Å². The van der Waals surface area contributed by atoms with E-state index in [1.165, 1.54) is 12.1 Å². The van der Waals surface area contributed by atoms with E-state index in [1.54, 1.807) is 18.2 Å². The first-order chi connectivity index (χ1) is 19.0. The van der Waals surface area contributed by atoms with Crippen LogP contribution in [0.1, 0.15) is 25.5 Å². The van der Waals surface area contributed by atoms with Crippen molar-refractivity contribution in [2.75, 3.05) is 19.8 Å². The average Bonchev–Trinajstić information content (AvgIpc) is 3.18.